The van der Waals surface area contributed by atoms with E-state index in [0.717, 1.165) is 5.56 Å². The van der Waals surface area contributed by atoms with E-state index in [-0.39, 0.29) is 28.2 Å². The van der Waals surface area contributed by atoms with Gasteiger partial charge in [-0.15, -0.1) is 0 Å². The molecule has 11 nitrogen and oxygen atoms in total. The molecule has 1 aliphatic heterocycles. The molecular weight excluding hydrogens is 532 g/mol. The van der Waals surface area contributed by atoms with Crippen molar-refractivity contribution in [3.8, 4) is 23.3 Å². The molecule has 0 saturated heterocycles. The van der Waals surface area contributed by atoms with Gasteiger partial charge >= 0.3 is 0 Å². The van der Waals surface area contributed by atoms with Crippen LogP contribution in [0.3, 0.4) is 0 Å². The lowest BCUT2D eigenvalue weighted by Crippen LogP contribution is -2.32. The molecule has 1 atom stereocenters. The van der Waals surface area contributed by atoms with Gasteiger partial charge in [0.25, 0.3) is 11.5 Å². The van der Waals surface area contributed by atoms with Gasteiger partial charge in [0, 0.05) is 39.6 Å². The van der Waals surface area contributed by atoms with Gasteiger partial charge in [0.2, 0.25) is 11.8 Å². The largest absolute Gasteiger partial charge is 0.480 e. The van der Waals surface area contributed by atoms with Crippen LogP contribution in [0.2, 0.25) is 5.02 Å². The quantitative estimate of drug-likeness (QED) is 0.348. The topological polar surface area (TPSA) is 122 Å². The fourth-order valence-electron chi connectivity index (χ4n) is 4.91. The third-order valence-electron chi connectivity index (χ3n) is 6.74. The van der Waals surface area contributed by atoms with Gasteiger partial charge in [-0.3, -0.25) is 14.5 Å². The third kappa shape index (κ3) is 4.26. The third-order valence-corrected chi connectivity index (χ3v) is 7.01. The van der Waals surface area contributed by atoms with Gasteiger partial charge < -0.3 is 18.8 Å². The smallest absolute Gasteiger partial charge is 0.279 e. The van der Waals surface area contributed by atoms with Crippen LogP contribution in [-0.2, 0) is 7.05 Å². The van der Waals surface area contributed by atoms with E-state index < -0.39 is 6.04 Å². The highest BCUT2D eigenvalue weighted by molar-refractivity contribution is 6.30. The fraction of sp³-hybridized carbons (Fsp3) is 0.286. The number of nitrogens with zero attached hydrogens (tertiary/aromatic N) is 8. The average Bonchev–Trinajstić information content (AvgIpc) is 3.46. The van der Waals surface area contributed by atoms with Crippen LogP contribution in [0.15, 0.2) is 47.5 Å². The first-order chi connectivity index (χ1) is 19.1. The molecule has 204 valence electrons. The summed E-state index contributed by atoms with van der Waals surface area (Å²) >= 11 is 6.26. The van der Waals surface area contributed by atoms with E-state index in [1.165, 1.54) is 17.7 Å². The van der Waals surface area contributed by atoms with Crippen LogP contribution in [0.4, 0.5) is 11.6 Å². The molecule has 4 heterocycles. The zero-order valence-electron chi connectivity index (χ0n) is 22.9. The lowest BCUT2D eigenvalue weighted by Gasteiger charge is -2.29. The van der Waals surface area contributed by atoms with Gasteiger partial charge in [0.05, 0.1) is 35.7 Å². The number of hydrogen-bond donors (Lipinski definition) is 0. The Morgan fingerprint density at radius 1 is 1.15 bits per heavy atom. The monoisotopic (exact) mass is 558 g/mol. The molecule has 0 aliphatic carbocycles. The summed E-state index contributed by atoms with van der Waals surface area (Å²) in [6.45, 7) is 4.00. The standard InChI is InChI=1S/C28H27ClN8O3/c1-15(2)36-23-21(32-24(36)19-13-31-28(34(3)4)33-25(19)40-6)27(39)37(18-11-20(29)26(38)35(5)14-18)22(23)17-9-7-16(12-30)8-10-17/h7-11,13-15,22H,1-6H3. The summed E-state index contributed by atoms with van der Waals surface area (Å²) in [7, 11) is 6.77. The Bertz CT molecular complexity index is 1710. The van der Waals surface area contributed by atoms with Gasteiger partial charge in [-0.25, -0.2) is 9.97 Å². The molecule has 5 rings (SSSR count). The number of aryl methyl sites for hydroxylation is 1. The molecule has 0 N–H and O–H groups in total. The van der Waals surface area contributed by atoms with Crippen LogP contribution < -0.4 is 20.1 Å². The Balaban J connectivity index is 1.78. The van der Waals surface area contributed by atoms with Crippen LogP contribution in [0, 0.1) is 11.3 Å². The summed E-state index contributed by atoms with van der Waals surface area (Å²) in [5.74, 6) is 0.935. The minimum atomic E-state index is -0.625. The van der Waals surface area contributed by atoms with E-state index in [4.69, 9.17) is 21.3 Å². The Hall–Kier alpha value is -4.69. The van der Waals surface area contributed by atoms with Crippen molar-refractivity contribution in [2.75, 3.05) is 31.0 Å². The van der Waals surface area contributed by atoms with E-state index in [0.29, 0.717) is 40.2 Å². The minimum Gasteiger partial charge on any atom is -0.480 e. The minimum absolute atomic E-state index is 0.00814. The van der Waals surface area contributed by atoms with Crippen molar-refractivity contribution in [2.45, 2.75) is 25.9 Å². The second-order valence-electron chi connectivity index (χ2n) is 9.89. The summed E-state index contributed by atoms with van der Waals surface area (Å²) in [6.07, 6.45) is 3.22. The molecule has 0 radical (unpaired) electrons. The van der Waals surface area contributed by atoms with Crippen LogP contribution in [0.25, 0.3) is 11.4 Å². The summed E-state index contributed by atoms with van der Waals surface area (Å²) in [5.41, 5.74) is 2.77. The fourth-order valence-corrected chi connectivity index (χ4v) is 5.16. The molecule has 0 fully saturated rings. The first kappa shape index (κ1) is 26.9. The number of imidazole rings is 1. The number of halogens is 1. The molecule has 3 aromatic heterocycles. The average molecular weight is 559 g/mol. The second kappa shape index (κ2) is 10.1. The Morgan fingerprint density at radius 2 is 1.85 bits per heavy atom. The van der Waals surface area contributed by atoms with E-state index in [1.54, 1.807) is 41.4 Å². The van der Waals surface area contributed by atoms with Gasteiger partial charge in [0.1, 0.15) is 16.9 Å². The molecule has 1 unspecified atom stereocenters. The number of hydrogen-bond acceptors (Lipinski definition) is 8. The van der Waals surface area contributed by atoms with E-state index in [1.807, 2.05) is 44.6 Å². The molecule has 12 heteroatoms. The number of pyridine rings is 1. The number of benzene rings is 1. The summed E-state index contributed by atoms with van der Waals surface area (Å²) in [4.78, 5) is 43.6. The predicted octanol–water partition coefficient (Wildman–Crippen LogP) is 3.97. The number of anilines is 2. The molecule has 1 aromatic carbocycles. The lowest BCUT2D eigenvalue weighted by molar-refractivity contribution is 0.0989. The van der Waals surface area contributed by atoms with Crippen molar-refractivity contribution in [2.24, 2.45) is 7.05 Å². The van der Waals surface area contributed by atoms with Crippen LogP contribution >= 0.6 is 11.6 Å². The number of methoxy groups -OCH3 is 1. The number of fused-ring (bicyclic) bond motifs is 1. The SMILES string of the molecule is COc1nc(N(C)C)ncc1-c1nc2c(n1C(C)C)C(c1ccc(C#N)cc1)N(c1cc(Cl)c(=O)n(C)c1)C2=O. The molecule has 1 amide bonds. The molecule has 0 bridgehead atoms. The number of carbonyl (C=O) groups excluding carboxylic acids is 1. The summed E-state index contributed by atoms with van der Waals surface area (Å²) in [6, 6.07) is 9.91. The maximum Gasteiger partial charge on any atom is 0.279 e. The summed E-state index contributed by atoms with van der Waals surface area (Å²) in [5, 5.41) is 9.35. The predicted molar refractivity (Wildman–Crippen MR) is 151 cm³/mol. The number of carbonyl (C=O) groups is 1. The second-order valence-corrected chi connectivity index (χ2v) is 10.3. The highest BCUT2D eigenvalue weighted by Gasteiger charge is 2.45. The van der Waals surface area contributed by atoms with Crippen molar-refractivity contribution < 1.29 is 9.53 Å². The Labute approximate surface area is 235 Å². The van der Waals surface area contributed by atoms with Gasteiger partial charge in [-0.05, 0) is 37.6 Å². The highest BCUT2D eigenvalue weighted by Crippen LogP contribution is 2.45. The number of ether oxygens (including phenoxy) is 1. The van der Waals surface area contributed by atoms with E-state index in [2.05, 4.69) is 16.0 Å². The van der Waals surface area contributed by atoms with Crippen molar-refractivity contribution in [3.05, 3.63) is 80.6 Å². The Kier molecular flexibility index (Phi) is 6.81. The highest BCUT2D eigenvalue weighted by atomic mass is 35.5. The molecule has 0 saturated carbocycles. The summed E-state index contributed by atoms with van der Waals surface area (Å²) < 4.78 is 8.94. The van der Waals surface area contributed by atoms with Crippen molar-refractivity contribution in [3.63, 3.8) is 0 Å². The molecule has 0 spiro atoms. The normalized spacial score (nSPS) is 14.4. The number of amides is 1. The zero-order chi connectivity index (χ0) is 28.9. The molecular formula is C28H27ClN8O3. The van der Waals surface area contributed by atoms with Crippen LogP contribution in [0.1, 0.15) is 53.2 Å². The molecule has 40 heavy (non-hydrogen) atoms. The number of aromatic nitrogens is 5. The van der Waals surface area contributed by atoms with Gasteiger partial charge in [0.15, 0.2) is 5.69 Å². The maximum absolute atomic E-state index is 14.1. The number of nitriles is 1. The van der Waals surface area contributed by atoms with Gasteiger partial charge in [-0.1, -0.05) is 23.7 Å². The van der Waals surface area contributed by atoms with Gasteiger partial charge in [-0.2, -0.15) is 10.2 Å². The molecule has 4 aromatic rings. The van der Waals surface area contributed by atoms with Crippen molar-refractivity contribution in [1.29, 1.82) is 5.26 Å². The first-order valence-corrected chi connectivity index (χ1v) is 12.9. The van der Waals surface area contributed by atoms with Crippen LogP contribution in [0.5, 0.6) is 5.88 Å². The maximum atomic E-state index is 14.1. The molecule has 1 aliphatic rings. The van der Waals surface area contributed by atoms with E-state index in [9.17, 15) is 14.9 Å². The zero-order valence-corrected chi connectivity index (χ0v) is 23.6. The van der Waals surface area contributed by atoms with Crippen molar-refractivity contribution in [1.82, 2.24) is 24.1 Å². The Morgan fingerprint density at radius 3 is 2.42 bits per heavy atom. The van der Waals surface area contributed by atoms with Crippen molar-refractivity contribution >= 4 is 29.1 Å². The van der Waals surface area contributed by atoms with E-state index >= 15 is 0 Å². The number of rotatable bonds is 6. The van der Waals surface area contributed by atoms with Crippen LogP contribution in [-0.4, -0.2) is 51.2 Å². The lowest BCUT2D eigenvalue weighted by atomic mass is 10.0. The first-order valence-electron chi connectivity index (χ1n) is 12.5.